The van der Waals surface area contributed by atoms with Gasteiger partial charge in [-0.25, -0.2) is 4.79 Å². The van der Waals surface area contributed by atoms with E-state index in [4.69, 9.17) is 13.9 Å². The van der Waals surface area contributed by atoms with Crippen LogP contribution in [0, 0.1) is 0 Å². The zero-order chi connectivity index (χ0) is 15.9. The van der Waals surface area contributed by atoms with Crippen molar-refractivity contribution in [2.75, 3.05) is 40.5 Å². The Morgan fingerprint density at radius 2 is 1.77 bits per heavy atom. The largest absolute Gasteiger partial charge is 0.422 e. The number of nitrogens with zero attached hydrogens (tertiary/aromatic N) is 1. The van der Waals surface area contributed by atoms with Crippen LogP contribution in [0.2, 0.25) is 0 Å². The van der Waals surface area contributed by atoms with Crippen molar-refractivity contribution in [3.05, 3.63) is 46.3 Å². The van der Waals surface area contributed by atoms with E-state index in [1.165, 1.54) is 4.90 Å². The molecule has 1 aromatic carbocycles. The number of carbonyl (C=O) groups excluding carboxylic acids is 1. The van der Waals surface area contributed by atoms with Crippen LogP contribution >= 0.6 is 0 Å². The second-order valence-corrected chi connectivity index (χ2v) is 4.76. The molecule has 0 radical (unpaired) electrons. The third-order valence-corrected chi connectivity index (χ3v) is 3.29. The molecule has 0 aliphatic rings. The van der Waals surface area contributed by atoms with Gasteiger partial charge in [0.25, 0.3) is 5.91 Å². The van der Waals surface area contributed by atoms with E-state index in [9.17, 15) is 9.59 Å². The number of ether oxygens (including phenoxy) is 2. The van der Waals surface area contributed by atoms with Crippen LogP contribution in [0.5, 0.6) is 0 Å². The molecule has 1 amide bonds. The van der Waals surface area contributed by atoms with E-state index in [-0.39, 0.29) is 11.5 Å². The standard InChI is InChI=1S/C16H19NO5/c1-20-9-7-17(8-10-21-2)15(18)13-11-12-5-3-4-6-14(12)22-16(13)19/h3-6,11H,7-10H2,1-2H3. The van der Waals surface area contributed by atoms with Gasteiger partial charge >= 0.3 is 5.63 Å². The molecule has 2 aromatic rings. The minimum absolute atomic E-state index is 0.0194. The van der Waals surface area contributed by atoms with Gasteiger partial charge in [0.1, 0.15) is 11.1 Å². The lowest BCUT2D eigenvalue weighted by Gasteiger charge is -2.21. The van der Waals surface area contributed by atoms with Crippen LogP contribution in [0.3, 0.4) is 0 Å². The number of rotatable bonds is 7. The Morgan fingerprint density at radius 1 is 1.14 bits per heavy atom. The van der Waals surface area contributed by atoms with Crippen LogP contribution < -0.4 is 5.63 Å². The van der Waals surface area contributed by atoms with E-state index in [1.807, 2.05) is 6.07 Å². The number of amides is 1. The number of hydrogen-bond donors (Lipinski definition) is 0. The first kappa shape index (κ1) is 16.2. The summed E-state index contributed by atoms with van der Waals surface area (Å²) in [5.41, 5.74) is -0.154. The van der Waals surface area contributed by atoms with Crippen LogP contribution in [-0.2, 0) is 9.47 Å². The topological polar surface area (TPSA) is 69.0 Å². The van der Waals surface area contributed by atoms with Gasteiger partial charge in [0, 0.05) is 32.7 Å². The van der Waals surface area contributed by atoms with E-state index >= 15 is 0 Å². The third kappa shape index (κ3) is 3.72. The Labute approximate surface area is 128 Å². The van der Waals surface area contributed by atoms with E-state index in [2.05, 4.69) is 0 Å². The van der Waals surface area contributed by atoms with Crippen molar-refractivity contribution >= 4 is 16.9 Å². The monoisotopic (exact) mass is 305 g/mol. The summed E-state index contributed by atoms with van der Waals surface area (Å²) in [7, 11) is 3.12. The number of para-hydroxylation sites is 1. The molecule has 6 heteroatoms. The predicted molar refractivity (Wildman–Crippen MR) is 82.1 cm³/mol. The first-order chi connectivity index (χ1) is 10.7. The van der Waals surface area contributed by atoms with Gasteiger partial charge in [0.2, 0.25) is 0 Å². The van der Waals surface area contributed by atoms with Crippen molar-refractivity contribution in [3.8, 4) is 0 Å². The van der Waals surface area contributed by atoms with Crippen LogP contribution in [0.25, 0.3) is 11.0 Å². The van der Waals surface area contributed by atoms with Gasteiger partial charge in [-0.1, -0.05) is 18.2 Å². The molecule has 0 aliphatic carbocycles. The highest BCUT2D eigenvalue weighted by Crippen LogP contribution is 2.13. The van der Waals surface area contributed by atoms with Crippen molar-refractivity contribution in [3.63, 3.8) is 0 Å². The van der Waals surface area contributed by atoms with Gasteiger partial charge in [-0.15, -0.1) is 0 Å². The first-order valence-electron chi connectivity index (χ1n) is 6.97. The van der Waals surface area contributed by atoms with Crippen LogP contribution in [0.1, 0.15) is 10.4 Å². The average Bonchev–Trinajstić information content (AvgIpc) is 2.54. The molecule has 1 heterocycles. The molecule has 0 fully saturated rings. The third-order valence-electron chi connectivity index (χ3n) is 3.29. The van der Waals surface area contributed by atoms with Gasteiger partial charge in [0.15, 0.2) is 0 Å². The fraction of sp³-hybridized carbons (Fsp3) is 0.375. The minimum Gasteiger partial charge on any atom is -0.422 e. The predicted octanol–water partition coefficient (Wildman–Crippen LogP) is 1.53. The summed E-state index contributed by atoms with van der Waals surface area (Å²) in [6, 6.07) is 8.65. The van der Waals surface area contributed by atoms with Crippen molar-refractivity contribution < 1.29 is 18.7 Å². The molecule has 1 aromatic heterocycles. The van der Waals surface area contributed by atoms with Gasteiger partial charge in [-0.05, 0) is 12.1 Å². The van der Waals surface area contributed by atoms with Crippen LogP contribution in [0.4, 0.5) is 0 Å². The highest BCUT2D eigenvalue weighted by atomic mass is 16.5. The Balaban J connectivity index is 2.32. The minimum atomic E-state index is -0.636. The molecule has 6 nitrogen and oxygen atoms in total. The Hall–Kier alpha value is -2.18. The van der Waals surface area contributed by atoms with E-state index in [1.54, 1.807) is 38.5 Å². The van der Waals surface area contributed by atoms with Crippen molar-refractivity contribution in [1.29, 1.82) is 0 Å². The Bertz CT molecular complexity index is 686. The second-order valence-electron chi connectivity index (χ2n) is 4.76. The fourth-order valence-corrected chi connectivity index (χ4v) is 2.10. The van der Waals surface area contributed by atoms with Gasteiger partial charge in [-0.2, -0.15) is 0 Å². The highest BCUT2D eigenvalue weighted by molar-refractivity contribution is 5.96. The molecule has 0 N–H and O–H groups in total. The molecule has 2 rings (SSSR count). The van der Waals surface area contributed by atoms with Crippen molar-refractivity contribution in [1.82, 2.24) is 4.90 Å². The lowest BCUT2D eigenvalue weighted by Crippen LogP contribution is -2.38. The molecule has 118 valence electrons. The summed E-state index contributed by atoms with van der Waals surface area (Å²) in [6.07, 6.45) is 0. The maximum Gasteiger partial charge on any atom is 0.349 e. The Morgan fingerprint density at radius 3 is 2.41 bits per heavy atom. The van der Waals surface area contributed by atoms with Crippen LogP contribution in [-0.4, -0.2) is 51.3 Å². The van der Waals surface area contributed by atoms with Crippen molar-refractivity contribution in [2.45, 2.75) is 0 Å². The smallest absolute Gasteiger partial charge is 0.349 e. The van der Waals surface area contributed by atoms with E-state index in [0.29, 0.717) is 37.3 Å². The number of hydrogen-bond acceptors (Lipinski definition) is 5. The number of benzene rings is 1. The summed E-state index contributed by atoms with van der Waals surface area (Å²) in [5, 5.41) is 0.712. The van der Waals surface area contributed by atoms with E-state index in [0.717, 1.165) is 0 Å². The lowest BCUT2D eigenvalue weighted by molar-refractivity contribution is 0.0623. The molecule has 22 heavy (non-hydrogen) atoms. The quantitative estimate of drug-likeness (QED) is 0.726. The zero-order valence-corrected chi connectivity index (χ0v) is 12.7. The summed E-state index contributed by atoms with van der Waals surface area (Å²) in [6.45, 7) is 1.53. The average molecular weight is 305 g/mol. The molecule has 0 saturated heterocycles. The maximum atomic E-state index is 12.6. The zero-order valence-electron chi connectivity index (χ0n) is 12.7. The van der Waals surface area contributed by atoms with Crippen LogP contribution in [0.15, 0.2) is 39.5 Å². The molecule has 0 aliphatic heterocycles. The van der Waals surface area contributed by atoms with Gasteiger partial charge < -0.3 is 18.8 Å². The molecular formula is C16H19NO5. The lowest BCUT2D eigenvalue weighted by atomic mass is 10.1. The molecular weight excluding hydrogens is 286 g/mol. The first-order valence-corrected chi connectivity index (χ1v) is 6.97. The molecule has 0 unspecified atom stereocenters. The number of fused-ring (bicyclic) bond motifs is 1. The van der Waals surface area contributed by atoms with E-state index < -0.39 is 5.63 Å². The molecule has 0 bridgehead atoms. The summed E-state index contributed by atoms with van der Waals surface area (Å²) < 4.78 is 15.2. The number of carbonyl (C=O) groups is 1. The SMILES string of the molecule is COCCN(CCOC)C(=O)c1cc2ccccc2oc1=O. The molecule has 0 spiro atoms. The van der Waals surface area contributed by atoms with Gasteiger partial charge in [-0.3, -0.25) is 4.79 Å². The fourth-order valence-electron chi connectivity index (χ4n) is 2.10. The summed E-state index contributed by atoms with van der Waals surface area (Å²) in [5.74, 6) is -0.381. The molecule has 0 atom stereocenters. The Kier molecular flexibility index (Phi) is 5.68. The summed E-state index contributed by atoms with van der Waals surface area (Å²) in [4.78, 5) is 26.1. The maximum absolute atomic E-state index is 12.6. The molecule has 0 saturated carbocycles. The van der Waals surface area contributed by atoms with Crippen molar-refractivity contribution in [2.24, 2.45) is 0 Å². The highest BCUT2D eigenvalue weighted by Gasteiger charge is 2.20. The second kappa shape index (κ2) is 7.72. The summed E-state index contributed by atoms with van der Waals surface area (Å²) >= 11 is 0. The van der Waals surface area contributed by atoms with Gasteiger partial charge in [0.05, 0.1) is 13.2 Å². The normalized spacial score (nSPS) is 10.8. The number of methoxy groups -OCH3 is 2.